The fraction of sp³-hybridized carbons (Fsp3) is 0.429. The average Bonchev–Trinajstić information content (AvgIpc) is 2.81. The van der Waals surface area contributed by atoms with Gasteiger partial charge in [0.2, 0.25) is 0 Å². The summed E-state index contributed by atoms with van der Waals surface area (Å²) in [6.45, 7) is 3.10. The summed E-state index contributed by atoms with van der Waals surface area (Å²) in [4.78, 5) is 8.43. The average molecular weight is 244 g/mol. The second kappa shape index (κ2) is 6.31. The Morgan fingerprint density at radius 1 is 1.28 bits per heavy atom. The van der Waals surface area contributed by atoms with Gasteiger partial charge in [0.1, 0.15) is 5.82 Å². The molecule has 4 nitrogen and oxygen atoms in total. The Balaban J connectivity index is 2.01. The van der Waals surface area contributed by atoms with Crippen LogP contribution in [0.25, 0.3) is 0 Å². The van der Waals surface area contributed by atoms with Crippen LogP contribution < -0.4 is 5.32 Å². The predicted octanol–water partition coefficient (Wildman–Crippen LogP) is 2.10. The Bertz CT molecular complexity index is 464. The molecule has 1 N–H and O–H groups in total. The van der Waals surface area contributed by atoms with Gasteiger partial charge < -0.3 is 9.88 Å². The molecule has 2 heterocycles. The molecule has 2 rings (SSSR count). The zero-order chi connectivity index (χ0) is 12.8. The van der Waals surface area contributed by atoms with Gasteiger partial charge in [-0.25, -0.2) is 4.98 Å². The molecular weight excluding hydrogens is 224 g/mol. The first-order valence-electron chi connectivity index (χ1n) is 6.40. The van der Waals surface area contributed by atoms with Crippen molar-refractivity contribution >= 4 is 0 Å². The molecule has 0 aliphatic rings. The second-order valence-electron chi connectivity index (χ2n) is 4.38. The standard InChI is InChI=1S/C14H20N4/c1-3-16-13(12-6-8-15-9-7-12)4-5-14-17-10-11-18(14)2/h6-11,13,16H,3-5H2,1-2H3. The lowest BCUT2D eigenvalue weighted by Crippen LogP contribution is -2.21. The molecule has 1 atom stereocenters. The molecule has 2 aromatic rings. The number of aromatic nitrogens is 3. The normalized spacial score (nSPS) is 12.6. The van der Waals surface area contributed by atoms with Crippen LogP contribution in [0.4, 0.5) is 0 Å². The highest BCUT2D eigenvalue weighted by atomic mass is 15.0. The van der Waals surface area contributed by atoms with Gasteiger partial charge in [0.15, 0.2) is 0 Å². The molecule has 0 radical (unpaired) electrons. The van der Waals surface area contributed by atoms with Crippen molar-refractivity contribution in [1.82, 2.24) is 19.9 Å². The lowest BCUT2D eigenvalue weighted by atomic mass is 10.0. The van der Waals surface area contributed by atoms with E-state index in [1.54, 1.807) is 0 Å². The number of hydrogen-bond donors (Lipinski definition) is 1. The molecule has 0 aromatic carbocycles. The maximum atomic E-state index is 4.36. The van der Waals surface area contributed by atoms with Gasteiger partial charge in [-0.3, -0.25) is 4.98 Å². The smallest absolute Gasteiger partial charge is 0.108 e. The van der Waals surface area contributed by atoms with Crippen LogP contribution in [0.1, 0.15) is 30.8 Å². The third-order valence-electron chi connectivity index (χ3n) is 3.14. The maximum absolute atomic E-state index is 4.36. The van der Waals surface area contributed by atoms with Gasteiger partial charge in [0.05, 0.1) is 0 Å². The van der Waals surface area contributed by atoms with Gasteiger partial charge in [-0.1, -0.05) is 6.92 Å². The van der Waals surface area contributed by atoms with E-state index in [-0.39, 0.29) is 0 Å². The highest BCUT2D eigenvalue weighted by Crippen LogP contribution is 2.17. The van der Waals surface area contributed by atoms with Crippen LogP contribution in [0.5, 0.6) is 0 Å². The summed E-state index contributed by atoms with van der Waals surface area (Å²) in [6, 6.07) is 4.52. The molecular formula is C14H20N4. The number of nitrogens with zero attached hydrogens (tertiary/aromatic N) is 3. The van der Waals surface area contributed by atoms with Crippen molar-refractivity contribution in [3.63, 3.8) is 0 Å². The summed E-state index contributed by atoms with van der Waals surface area (Å²) in [7, 11) is 2.04. The van der Waals surface area contributed by atoms with Gasteiger partial charge in [-0.15, -0.1) is 0 Å². The summed E-state index contributed by atoms with van der Waals surface area (Å²) >= 11 is 0. The molecule has 0 saturated carbocycles. The van der Waals surface area contributed by atoms with Crippen LogP contribution in [0, 0.1) is 0 Å². The number of aryl methyl sites for hydroxylation is 2. The number of hydrogen-bond acceptors (Lipinski definition) is 3. The minimum Gasteiger partial charge on any atom is -0.338 e. The largest absolute Gasteiger partial charge is 0.338 e. The molecule has 18 heavy (non-hydrogen) atoms. The lowest BCUT2D eigenvalue weighted by Gasteiger charge is -2.18. The highest BCUT2D eigenvalue weighted by Gasteiger charge is 2.11. The van der Waals surface area contributed by atoms with E-state index < -0.39 is 0 Å². The zero-order valence-electron chi connectivity index (χ0n) is 11.0. The Labute approximate surface area is 108 Å². The van der Waals surface area contributed by atoms with Crippen LogP contribution >= 0.6 is 0 Å². The third-order valence-corrected chi connectivity index (χ3v) is 3.14. The molecule has 96 valence electrons. The Kier molecular flexibility index (Phi) is 4.47. The van der Waals surface area contributed by atoms with E-state index in [1.165, 1.54) is 5.56 Å². The van der Waals surface area contributed by atoms with Crippen LogP contribution in [-0.2, 0) is 13.5 Å². The Morgan fingerprint density at radius 2 is 2.06 bits per heavy atom. The second-order valence-corrected chi connectivity index (χ2v) is 4.38. The minimum atomic E-state index is 0.370. The summed E-state index contributed by atoms with van der Waals surface area (Å²) < 4.78 is 2.08. The van der Waals surface area contributed by atoms with E-state index in [4.69, 9.17) is 0 Å². The van der Waals surface area contributed by atoms with Crippen molar-refractivity contribution in [3.05, 3.63) is 48.3 Å². The van der Waals surface area contributed by atoms with Crippen molar-refractivity contribution < 1.29 is 0 Å². The van der Waals surface area contributed by atoms with Crippen LogP contribution in [0.2, 0.25) is 0 Å². The Morgan fingerprint density at radius 3 is 2.67 bits per heavy atom. The van der Waals surface area contributed by atoms with E-state index in [9.17, 15) is 0 Å². The molecule has 1 unspecified atom stereocenters. The van der Waals surface area contributed by atoms with Gasteiger partial charge in [0.25, 0.3) is 0 Å². The SMILES string of the molecule is CCNC(CCc1nccn1C)c1ccncc1. The van der Waals surface area contributed by atoms with E-state index >= 15 is 0 Å². The van der Waals surface area contributed by atoms with Crippen molar-refractivity contribution in [2.45, 2.75) is 25.8 Å². The first kappa shape index (κ1) is 12.8. The van der Waals surface area contributed by atoms with E-state index in [1.807, 2.05) is 31.8 Å². The Hall–Kier alpha value is -1.68. The van der Waals surface area contributed by atoms with Gasteiger partial charge in [0, 0.05) is 44.3 Å². The van der Waals surface area contributed by atoms with E-state index in [2.05, 4.69) is 38.9 Å². The van der Waals surface area contributed by atoms with Crippen molar-refractivity contribution in [2.75, 3.05) is 6.54 Å². The number of imidazole rings is 1. The van der Waals surface area contributed by atoms with Crippen molar-refractivity contribution in [3.8, 4) is 0 Å². The van der Waals surface area contributed by atoms with Crippen molar-refractivity contribution in [2.24, 2.45) is 7.05 Å². The maximum Gasteiger partial charge on any atom is 0.108 e. The molecule has 0 amide bonds. The molecule has 0 fully saturated rings. The summed E-state index contributed by atoms with van der Waals surface area (Å²) in [5, 5.41) is 3.52. The van der Waals surface area contributed by atoms with Gasteiger partial charge in [-0.05, 0) is 30.7 Å². The fourth-order valence-electron chi connectivity index (χ4n) is 2.14. The molecule has 0 aliphatic heterocycles. The molecule has 0 spiro atoms. The van der Waals surface area contributed by atoms with Crippen LogP contribution in [0.15, 0.2) is 36.9 Å². The van der Waals surface area contributed by atoms with Crippen molar-refractivity contribution in [1.29, 1.82) is 0 Å². The van der Waals surface area contributed by atoms with Crippen LogP contribution in [-0.4, -0.2) is 21.1 Å². The molecule has 4 heteroatoms. The summed E-state index contributed by atoms with van der Waals surface area (Å²) in [5.41, 5.74) is 1.29. The lowest BCUT2D eigenvalue weighted by molar-refractivity contribution is 0.505. The fourth-order valence-corrected chi connectivity index (χ4v) is 2.14. The first-order chi connectivity index (χ1) is 8.81. The van der Waals surface area contributed by atoms with Gasteiger partial charge >= 0.3 is 0 Å². The zero-order valence-corrected chi connectivity index (χ0v) is 11.0. The number of pyridine rings is 1. The minimum absolute atomic E-state index is 0.370. The molecule has 0 bridgehead atoms. The number of rotatable bonds is 6. The molecule has 0 saturated heterocycles. The van der Waals surface area contributed by atoms with E-state index in [0.29, 0.717) is 6.04 Å². The first-order valence-corrected chi connectivity index (χ1v) is 6.40. The predicted molar refractivity (Wildman–Crippen MR) is 72.2 cm³/mol. The summed E-state index contributed by atoms with van der Waals surface area (Å²) in [6.07, 6.45) is 9.56. The molecule has 0 aliphatic carbocycles. The third kappa shape index (κ3) is 3.17. The topological polar surface area (TPSA) is 42.7 Å². The van der Waals surface area contributed by atoms with Crippen LogP contribution in [0.3, 0.4) is 0 Å². The molecule has 2 aromatic heterocycles. The quantitative estimate of drug-likeness (QED) is 0.846. The van der Waals surface area contributed by atoms with E-state index in [0.717, 1.165) is 25.2 Å². The monoisotopic (exact) mass is 244 g/mol. The summed E-state index contributed by atoms with van der Waals surface area (Å²) in [5.74, 6) is 1.13. The van der Waals surface area contributed by atoms with Gasteiger partial charge in [-0.2, -0.15) is 0 Å². The number of nitrogens with one attached hydrogen (secondary N) is 1. The highest BCUT2D eigenvalue weighted by molar-refractivity contribution is 5.15.